The number of amides is 3. The van der Waals surface area contributed by atoms with Gasteiger partial charge in [0.1, 0.15) is 11.5 Å². The summed E-state index contributed by atoms with van der Waals surface area (Å²) in [5.74, 6) is -0.426. The van der Waals surface area contributed by atoms with Crippen molar-refractivity contribution in [2.75, 3.05) is 30.8 Å². The van der Waals surface area contributed by atoms with Crippen LogP contribution in [0.4, 0.5) is 16.2 Å². The molecular formula is C29H35N5O5. The Morgan fingerprint density at radius 2 is 1.87 bits per heavy atom. The highest BCUT2D eigenvalue weighted by Crippen LogP contribution is 2.34. The molecule has 2 heterocycles. The lowest BCUT2D eigenvalue weighted by Gasteiger charge is -2.24. The van der Waals surface area contributed by atoms with Crippen LogP contribution in [0.2, 0.25) is 0 Å². The molecule has 3 amide bonds. The fourth-order valence-corrected chi connectivity index (χ4v) is 4.76. The summed E-state index contributed by atoms with van der Waals surface area (Å²) in [7, 11) is 2.04. The van der Waals surface area contributed by atoms with Crippen LogP contribution >= 0.6 is 0 Å². The molecule has 2 atom stereocenters. The van der Waals surface area contributed by atoms with Crippen LogP contribution in [0.5, 0.6) is 0 Å². The summed E-state index contributed by atoms with van der Waals surface area (Å²) in [5, 5.41) is 18.8. The lowest BCUT2D eigenvalue weighted by molar-refractivity contribution is -0.137. The third kappa shape index (κ3) is 7.23. The monoisotopic (exact) mass is 533 g/mol. The number of hydrogen-bond acceptors (Lipinski definition) is 6. The summed E-state index contributed by atoms with van der Waals surface area (Å²) in [6, 6.07) is 16.1. The quantitative estimate of drug-likeness (QED) is 0.351. The van der Waals surface area contributed by atoms with Crippen molar-refractivity contribution in [1.29, 1.82) is 0 Å². The third-order valence-corrected chi connectivity index (χ3v) is 7.19. The molecule has 1 aliphatic heterocycles. The van der Waals surface area contributed by atoms with Crippen molar-refractivity contribution in [2.45, 2.75) is 51.6 Å². The molecule has 10 nitrogen and oxygen atoms in total. The SMILES string of the molecule is CCN(C)C1CC(c2cc(CCC(=O)O)on2)N(C(=O)Cc2ccc(NC(=O)Nc3ccccc3C)cc2)C1. The topological polar surface area (TPSA) is 128 Å². The maximum absolute atomic E-state index is 13.5. The molecule has 1 aliphatic rings. The van der Waals surface area contributed by atoms with Gasteiger partial charge in [0.05, 0.1) is 18.9 Å². The van der Waals surface area contributed by atoms with Crippen LogP contribution in [0, 0.1) is 6.92 Å². The Balaban J connectivity index is 1.40. The first-order valence-corrected chi connectivity index (χ1v) is 13.1. The summed E-state index contributed by atoms with van der Waals surface area (Å²) in [4.78, 5) is 40.8. The van der Waals surface area contributed by atoms with Crippen molar-refractivity contribution in [3.05, 3.63) is 77.2 Å². The molecule has 0 spiro atoms. The van der Waals surface area contributed by atoms with Crippen LogP contribution in [0.1, 0.15) is 48.4 Å². The van der Waals surface area contributed by atoms with E-state index < -0.39 is 5.97 Å². The Morgan fingerprint density at radius 1 is 1.13 bits per heavy atom. The molecule has 10 heteroatoms. The van der Waals surface area contributed by atoms with Gasteiger partial charge in [-0.2, -0.15) is 0 Å². The number of carboxylic acids is 1. The van der Waals surface area contributed by atoms with Gasteiger partial charge in [0.25, 0.3) is 0 Å². The van der Waals surface area contributed by atoms with Gasteiger partial charge in [0.15, 0.2) is 0 Å². The molecule has 0 saturated carbocycles. The first kappa shape index (κ1) is 27.8. The number of carbonyl (C=O) groups is 3. The number of aliphatic carboxylic acids is 1. The molecule has 1 aromatic heterocycles. The summed E-state index contributed by atoms with van der Waals surface area (Å²) >= 11 is 0. The number of urea groups is 1. The Labute approximate surface area is 228 Å². The summed E-state index contributed by atoms with van der Waals surface area (Å²) in [5.41, 5.74) is 3.81. The van der Waals surface area contributed by atoms with Crippen LogP contribution in [-0.2, 0) is 22.4 Å². The van der Waals surface area contributed by atoms with Gasteiger partial charge < -0.3 is 30.1 Å². The highest BCUT2D eigenvalue weighted by Gasteiger charge is 2.39. The number of rotatable bonds is 10. The van der Waals surface area contributed by atoms with E-state index in [4.69, 9.17) is 9.63 Å². The van der Waals surface area contributed by atoms with Crippen molar-refractivity contribution >= 4 is 29.3 Å². The van der Waals surface area contributed by atoms with Gasteiger partial charge in [-0.25, -0.2) is 4.79 Å². The van der Waals surface area contributed by atoms with E-state index in [0.29, 0.717) is 23.7 Å². The zero-order valence-electron chi connectivity index (χ0n) is 22.5. The smallest absolute Gasteiger partial charge is 0.323 e. The lowest BCUT2D eigenvalue weighted by Crippen LogP contribution is -2.37. The Morgan fingerprint density at radius 3 is 2.56 bits per heavy atom. The predicted molar refractivity (Wildman–Crippen MR) is 148 cm³/mol. The minimum Gasteiger partial charge on any atom is -0.481 e. The summed E-state index contributed by atoms with van der Waals surface area (Å²) in [6.07, 6.45) is 1.14. The van der Waals surface area contributed by atoms with E-state index in [1.807, 2.05) is 55.3 Å². The normalized spacial score (nSPS) is 16.9. The standard InChI is InChI=1S/C29H35N5O5/c1-4-33(3)22-16-26(25-17-23(39-32-25)13-14-28(36)37)34(18-22)27(35)15-20-9-11-21(12-10-20)30-29(38)31-24-8-6-5-7-19(24)2/h5-12,17,22,26H,4,13-16,18H2,1-3H3,(H,36,37)(H2,30,31,38). The first-order valence-electron chi connectivity index (χ1n) is 13.1. The molecule has 0 aliphatic carbocycles. The van der Waals surface area contributed by atoms with E-state index in [1.54, 1.807) is 18.2 Å². The maximum Gasteiger partial charge on any atom is 0.323 e. The summed E-state index contributed by atoms with van der Waals surface area (Å²) in [6.45, 7) is 5.43. The zero-order chi connectivity index (χ0) is 27.9. The number of carboxylic acid groups (broad SMARTS) is 1. The number of aryl methyl sites for hydroxylation is 2. The van der Waals surface area contributed by atoms with Crippen molar-refractivity contribution in [1.82, 2.24) is 15.0 Å². The molecule has 39 heavy (non-hydrogen) atoms. The minimum atomic E-state index is -0.900. The van der Waals surface area contributed by atoms with Crippen LogP contribution in [0.15, 0.2) is 59.1 Å². The molecule has 206 valence electrons. The van der Waals surface area contributed by atoms with Crippen molar-refractivity contribution in [2.24, 2.45) is 0 Å². The summed E-state index contributed by atoms with van der Waals surface area (Å²) < 4.78 is 5.38. The molecule has 2 aromatic carbocycles. The fourth-order valence-electron chi connectivity index (χ4n) is 4.76. The molecule has 4 rings (SSSR count). The lowest BCUT2D eigenvalue weighted by atomic mass is 10.1. The van der Waals surface area contributed by atoms with E-state index in [-0.39, 0.29) is 43.3 Å². The number of nitrogens with zero attached hydrogens (tertiary/aromatic N) is 3. The number of benzene rings is 2. The number of aromatic nitrogens is 1. The van der Waals surface area contributed by atoms with Gasteiger partial charge in [-0.1, -0.05) is 42.4 Å². The largest absolute Gasteiger partial charge is 0.481 e. The van der Waals surface area contributed by atoms with E-state index in [9.17, 15) is 14.4 Å². The molecule has 1 fully saturated rings. The van der Waals surface area contributed by atoms with Gasteiger partial charge in [-0.15, -0.1) is 0 Å². The van der Waals surface area contributed by atoms with Crippen molar-refractivity contribution < 1.29 is 24.0 Å². The third-order valence-electron chi connectivity index (χ3n) is 7.19. The first-order chi connectivity index (χ1) is 18.7. The van der Waals surface area contributed by atoms with Crippen LogP contribution in [0.25, 0.3) is 0 Å². The van der Waals surface area contributed by atoms with E-state index >= 15 is 0 Å². The van der Waals surface area contributed by atoms with Crippen LogP contribution in [-0.4, -0.2) is 64.1 Å². The average molecular weight is 534 g/mol. The van der Waals surface area contributed by atoms with Gasteiger partial charge in [-0.05, 0) is 56.3 Å². The molecule has 2 unspecified atom stereocenters. The second kappa shape index (κ2) is 12.6. The van der Waals surface area contributed by atoms with Crippen LogP contribution in [0.3, 0.4) is 0 Å². The van der Waals surface area contributed by atoms with E-state index in [2.05, 4.69) is 27.6 Å². The fraction of sp³-hybridized carbons (Fsp3) is 0.379. The molecular weight excluding hydrogens is 498 g/mol. The maximum atomic E-state index is 13.5. The van der Waals surface area contributed by atoms with Crippen LogP contribution < -0.4 is 10.6 Å². The highest BCUT2D eigenvalue weighted by atomic mass is 16.5. The highest BCUT2D eigenvalue weighted by molar-refractivity contribution is 6.00. The zero-order valence-corrected chi connectivity index (χ0v) is 22.5. The van der Waals surface area contributed by atoms with E-state index in [0.717, 1.165) is 29.8 Å². The van der Waals surface area contributed by atoms with Gasteiger partial charge in [-0.3, -0.25) is 9.59 Å². The number of para-hydroxylation sites is 1. The number of likely N-dealkylation sites (N-methyl/N-ethyl adjacent to an activating group) is 1. The number of likely N-dealkylation sites (tertiary alicyclic amines) is 1. The Kier molecular flexibility index (Phi) is 8.98. The van der Waals surface area contributed by atoms with Crippen molar-refractivity contribution in [3.63, 3.8) is 0 Å². The van der Waals surface area contributed by atoms with Gasteiger partial charge >= 0.3 is 12.0 Å². The predicted octanol–water partition coefficient (Wildman–Crippen LogP) is 4.48. The molecule has 3 aromatic rings. The molecule has 3 N–H and O–H groups in total. The van der Waals surface area contributed by atoms with E-state index in [1.165, 1.54) is 0 Å². The minimum absolute atomic E-state index is 0.0277. The second-order valence-corrected chi connectivity index (χ2v) is 9.90. The number of hydrogen-bond donors (Lipinski definition) is 3. The molecule has 1 saturated heterocycles. The Hall–Kier alpha value is -4.18. The molecule has 0 radical (unpaired) electrons. The second-order valence-electron chi connectivity index (χ2n) is 9.90. The van der Waals surface area contributed by atoms with Gasteiger partial charge in [0.2, 0.25) is 5.91 Å². The van der Waals surface area contributed by atoms with Gasteiger partial charge in [0, 0.05) is 36.4 Å². The Bertz CT molecular complexity index is 1310. The average Bonchev–Trinajstić information content (AvgIpc) is 3.57. The van der Waals surface area contributed by atoms with Crippen molar-refractivity contribution in [3.8, 4) is 0 Å². The molecule has 0 bridgehead atoms. The number of anilines is 2. The number of carbonyl (C=O) groups excluding carboxylic acids is 2. The number of nitrogens with one attached hydrogen (secondary N) is 2.